The second kappa shape index (κ2) is 13.3. The van der Waals surface area contributed by atoms with Crippen molar-refractivity contribution in [2.45, 2.75) is 0 Å². The van der Waals surface area contributed by atoms with E-state index in [1.54, 1.807) is 0 Å². The summed E-state index contributed by atoms with van der Waals surface area (Å²) in [6.45, 7) is 0. The second-order valence-corrected chi connectivity index (χ2v) is 8.73. The summed E-state index contributed by atoms with van der Waals surface area (Å²) in [6.07, 6.45) is 2.00. The zero-order valence-corrected chi connectivity index (χ0v) is 20.0. The Labute approximate surface area is 196 Å². The average molecular weight is 523 g/mol. The van der Waals surface area contributed by atoms with Gasteiger partial charge in [0.15, 0.2) is 0 Å². The molecule has 0 aliphatic rings. The summed E-state index contributed by atoms with van der Waals surface area (Å²) in [5.41, 5.74) is 2.16. The Hall–Kier alpha value is -2.07. The molecule has 4 aromatic rings. The zero-order valence-electron chi connectivity index (χ0n) is 16.7. The second-order valence-electron chi connectivity index (χ2n) is 6.29. The molecule has 0 radical (unpaired) electrons. The Balaban J connectivity index is 0.00000104. The van der Waals surface area contributed by atoms with Crippen molar-refractivity contribution in [3.8, 4) is 0 Å². The first-order valence-corrected chi connectivity index (χ1v) is 12.7. The van der Waals surface area contributed by atoms with Crippen LogP contribution in [0, 0.1) is 7.43 Å². The molecule has 0 spiro atoms. The van der Waals surface area contributed by atoms with Gasteiger partial charge in [-0.1, -0.05) is 66.7 Å². The molecule has 0 aromatic heterocycles. The third-order valence-corrected chi connectivity index (χ3v) is 7.28. The third kappa shape index (κ3) is 6.47. The molecule has 0 N–H and O–H groups in total. The van der Waals surface area contributed by atoms with Crippen LogP contribution in [0.4, 0.5) is 5.69 Å². The molecule has 0 saturated heterocycles. The van der Waals surface area contributed by atoms with Crippen LogP contribution < -0.4 is 15.9 Å². The van der Waals surface area contributed by atoms with E-state index < -0.39 is 7.92 Å². The van der Waals surface area contributed by atoms with Crippen LogP contribution in [-0.4, -0.2) is 6.21 Å². The molecule has 4 aromatic carbocycles. The fourth-order valence-corrected chi connectivity index (χ4v) is 5.89. The normalized spacial score (nSPS) is 10.3. The fraction of sp³-hybridized carbons (Fsp3) is 0. The Bertz CT molecular complexity index is 985. The van der Waals surface area contributed by atoms with Crippen molar-refractivity contribution in [2.24, 2.45) is 4.99 Å². The van der Waals surface area contributed by atoms with Crippen molar-refractivity contribution in [2.75, 3.05) is 0 Å². The van der Waals surface area contributed by atoms with E-state index in [-0.39, 0.29) is 7.43 Å². The van der Waals surface area contributed by atoms with Gasteiger partial charge >= 0.3 is 27.7 Å². The number of hydrogen-bond donors (Lipinski definition) is 0. The van der Waals surface area contributed by atoms with Gasteiger partial charge in [0.1, 0.15) is 15.9 Å². The molecule has 0 atom stereocenters. The predicted octanol–water partition coefficient (Wildman–Crippen LogP) is 6.06. The topological polar surface area (TPSA) is 12.4 Å². The number of para-hydroxylation sites is 1. The van der Waals surface area contributed by atoms with E-state index in [2.05, 4.69) is 113 Å². The zero-order chi connectivity index (χ0) is 20.3. The number of halogens is 1. The average Bonchev–Trinajstić information content (AvgIpc) is 2.82. The van der Waals surface area contributed by atoms with Crippen LogP contribution in [0.15, 0.2) is 120 Å². The van der Waals surface area contributed by atoms with Crippen LogP contribution >= 0.6 is 17.5 Å². The Morgan fingerprint density at radius 3 is 1.57 bits per heavy atom. The summed E-state index contributed by atoms with van der Waals surface area (Å²) in [4.78, 5) is 4.70. The number of hydrogen-bond acceptors (Lipinski definition) is 1. The van der Waals surface area contributed by atoms with Crippen molar-refractivity contribution in [3.05, 3.63) is 128 Å². The van der Waals surface area contributed by atoms with Crippen LogP contribution in [0.2, 0.25) is 0 Å². The van der Waals surface area contributed by atoms with E-state index in [9.17, 15) is 0 Å². The summed E-state index contributed by atoms with van der Waals surface area (Å²) >= 11 is 2.22. The molecular formula is C26H24ClNPPd+. The van der Waals surface area contributed by atoms with Gasteiger partial charge in [0.2, 0.25) is 0 Å². The minimum absolute atomic E-state index is 0. The van der Waals surface area contributed by atoms with Crippen molar-refractivity contribution < 1.29 is 18.2 Å². The van der Waals surface area contributed by atoms with E-state index in [0.717, 1.165) is 5.69 Å². The van der Waals surface area contributed by atoms with Gasteiger partial charge < -0.3 is 7.43 Å². The number of aliphatic imine (C=N–C) groups is 1. The quantitative estimate of drug-likeness (QED) is 0.131. The van der Waals surface area contributed by atoms with Gasteiger partial charge in [-0.2, -0.15) is 0 Å². The summed E-state index contributed by atoms with van der Waals surface area (Å²) < 4.78 is 0. The van der Waals surface area contributed by atoms with E-state index in [1.807, 2.05) is 36.5 Å². The maximum absolute atomic E-state index is 4.70. The standard InChI is InChI=1S/C25H20NP.CH3.ClH.Pd/c1-4-13-22(14-5-1)26-20-21-12-10-11-19-25(21)27(23-15-6-2-7-16-23)24-17-8-3-9-18-24;;;/h1-20H;1H3;1H;/q;-1;;+2. The summed E-state index contributed by atoms with van der Waals surface area (Å²) in [7, 11) is 3.39. The van der Waals surface area contributed by atoms with Gasteiger partial charge in [-0.15, -0.1) is 0 Å². The van der Waals surface area contributed by atoms with Gasteiger partial charge in [-0.05, 0) is 48.5 Å². The monoisotopic (exact) mass is 522 g/mol. The molecule has 0 aliphatic heterocycles. The third-order valence-electron chi connectivity index (χ3n) is 4.46. The first-order valence-electron chi connectivity index (χ1n) is 9.20. The van der Waals surface area contributed by atoms with Crippen LogP contribution in [-0.2, 0) is 18.2 Å². The van der Waals surface area contributed by atoms with Gasteiger partial charge in [0.25, 0.3) is 0 Å². The molecule has 0 heterocycles. The Kier molecular flexibility index (Phi) is 10.7. The van der Waals surface area contributed by atoms with Crippen LogP contribution in [0.5, 0.6) is 0 Å². The van der Waals surface area contributed by atoms with Gasteiger partial charge in [-0.3, -0.25) is 4.99 Å². The molecule has 0 saturated carbocycles. The van der Waals surface area contributed by atoms with Gasteiger partial charge in [0.05, 0.1) is 13.6 Å². The van der Waals surface area contributed by atoms with Crippen molar-refractivity contribution >= 4 is 45.3 Å². The van der Waals surface area contributed by atoms with E-state index in [4.69, 9.17) is 4.99 Å². The number of rotatable bonds is 5. The predicted molar refractivity (Wildman–Crippen MR) is 133 cm³/mol. The first-order chi connectivity index (χ1) is 14.4. The molecule has 4 heteroatoms. The van der Waals surface area contributed by atoms with E-state index in [0.29, 0.717) is 0 Å². The number of benzene rings is 4. The van der Waals surface area contributed by atoms with Gasteiger partial charge in [0, 0.05) is 11.8 Å². The summed E-state index contributed by atoms with van der Waals surface area (Å²) in [5, 5.41) is 4.13. The molecular weight excluding hydrogens is 499 g/mol. The van der Waals surface area contributed by atoms with Crippen LogP contribution in [0.1, 0.15) is 5.56 Å². The molecule has 0 unspecified atom stereocenters. The minimum atomic E-state index is -1.10. The first kappa shape index (κ1) is 24.2. The van der Waals surface area contributed by atoms with Crippen LogP contribution in [0.25, 0.3) is 0 Å². The summed E-state index contributed by atoms with van der Waals surface area (Å²) in [6, 6.07) is 40.4. The summed E-state index contributed by atoms with van der Waals surface area (Å²) in [5.74, 6) is 0. The fourth-order valence-electron chi connectivity index (χ4n) is 3.18. The Morgan fingerprint density at radius 2 is 1.03 bits per heavy atom. The molecule has 0 bridgehead atoms. The molecule has 30 heavy (non-hydrogen) atoms. The van der Waals surface area contributed by atoms with E-state index in [1.165, 1.54) is 21.5 Å². The van der Waals surface area contributed by atoms with Crippen molar-refractivity contribution in [1.29, 1.82) is 0 Å². The van der Waals surface area contributed by atoms with Gasteiger partial charge in [-0.25, -0.2) is 0 Å². The van der Waals surface area contributed by atoms with Crippen molar-refractivity contribution in [1.82, 2.24) is 0 Å². The molecule has 0 fully saturated rings. The molecule has 154 valence electrons. The molecule has 1 nitrogen and oxygen atoms in total. The maximum atomic E-state index is 4.70. The van der Waals surface area contributed by atoms with E-state index >= 15 is 0 Å². The Morgan fingerprint density at radius 1 is 0.600 bits per heavy atom. The molecule has 0 amide bonds. The SMILES string of the molecule is C(=Nc1ccccc1)c1ccccc1[PH+](c1ccccc1)c1ccccc1.[CH3-].[Cl][Pd+]. The molecule has 0 aliphatic carbocycles. The number of nitrogens with zero attached hydrogens (tertiary/aromatic N) is 1. The molecule has 4 rings (SSSR count). The van der Waals surface area contributed by atoms with Crippen molar-refractivity contribution in [3.63, 3.8) is 0 Å². The van der Waals surface area contributed by atoms with Crippen LogP contribution in [0.3, 0.4) is 0 Å².